The Morgan fingerprint density at radius 1 is 1.23 bits per heavy atom. The minimum absolute atomic E-state index is 0.00715. The van der Waals surface area contributed by atoms with E-state index in [9.17, 15) is 18.8 Å². The number of halogens is 2. The van der Waals surface area contributed by atoms with Crippen LogP contribution in [0.2, 0.25) is 5.02 Å². The van der Waals surface area contributed by atoms with Crippen molar-refractivity contribution in [2.75, 3.05) is 11.9 Å². The fraction of sp³-hybridized carbons (Fsp3) is 0.381. The van der Waals surface area contributed by atoms with Crippen molar-refractivity contribution in [3.63, 3.8) is 0 Å². The fourth-order valence-electron chi connectivity index (χ4n) is 4.59. The molecule has 0 unspecified atom stereocenters. The fourth-order valence-corrected chi connectivity index (χ4v) is 5.56. The molecule has 2 aromatic rings. The van der Waals surface area contributed by atoms with E-state index in [1.54, 1.807) is 11.4 Å². The molecule has 9 heteroatoms. The van der Waals surface area contributed by atoms with Crippen molar-refractivity contribution >= 4 is 45.5 Å². The summed E-state index contributed by atoms with van der Waals surface area (Å²) < 4.78 is 18.7. The zero-order valence-electron chi connectivity index (χ0n) is 16.2. The van der Waals surface area contributed by atoms with Gasteiger partial charge in [0.25, 0.3) is 5.91 Å². The van der Waals surface area contributed by atoms with Gasteiger partial charge in [-0.2, -0.15) is 0 Å². The van der Waals surface area contributed by atoms with Crippen molar-refractivity contribution in [2.45, 2.75) is 38.1 Å². The number of benzene rings is 1. The van der Waals surface area contributed by atoms with Crippen LogP contribution in [-0.4, -0.2) is 29.7 Å². The number of thiophene rings is 1. The Hall–Kier alpha value is -2.45. The zero-order valence-corrected chi connectivity index (χ0v) is 17.8. The van der Waals surface area contributed by atoms with Crippen LogP contribution in [0.5, 0.6) is 5.75 Å². The number of carbonyl (C=O) groups is 3. The molecular formula is C21H20ClFN2O4S. The number of rotatable bonds is 8. The van der Waals surface area contributed by atoms with Gasteiger partial charge < -0.3 is 15.4 Å². The van der Waals surface area contributed by atoms with E-state index in [0.29, 0.717) is 17.0 Å². The van der Waals surface area contributed by atoms with Crippen molar-refractivity contribution in [3.8, 4) is 5.75 Å². The molecule has 1 heterocycles. The summed E-state index contributed by atoms with van der Waals surface area (Å²) in [6.45, 7) is 1.19. The average molecular weight is 451 g/mol. The van der Waals surface area contributed by atoms with Gasteiger partial charge in [-0.05, 0) is 48.3 Å². The summed E-state index contributed by atoms with van der Waals surface area (Å²) in [6, 6.07) is 5.74. The number of ketones is 1. The monoisotopic (exact) mass is 450 g/mol. The molecule has 3 fully saturated rings. The van der Waals surface area contributed by atoms with Crippen LogP contribution >= 0.6 is 22.9 Å². The molecule has 158 valence electrons. The molecule has 0 radical (unpaired) electrons. The molecule has 1 aromatic heterocycles. The van der Waals surface area contributed by atoms with E-state index in [4.69, 9.17) is 16.3 Å². The Bertz CT molecular complexity index is 1020. The smallest absolute Gasteiger partial charge is 0.258 e. The SMILES string of the molecule is CC(=O)Nc1sccc1C(=O)CC12CC(NC(=O)COc3ccc(Cl)c(F)c3)(C1)C2. The van der Waals surface area contributed by atoms with Gasteiger partial charge >= 0.3 is 0 Å². The van der Waals surface area contributed by atoms with Crippen LogP contribution in [0.1, 0.15) is 43.0 Å². The zero-order chi connectivity index (χ0) is 21.5. The van der Waals surface area contributed by atoms with E-state index < -0.39 is 5.82 Å². The van der Waals surface area contributed by atoms with Crippen molar-refractivity contribution in [1.82, 2.24) is 5.32 Å². The van der Waals surface area contributed by atoms with Crippen molar-refractivity contribution < 1.29 is 23.5 Å². The summed E-state index contributed by atoms with van der Waals surface area (Å²) in [4.78, 5) is 36.2. The van der Waals surface area contributed by atoms with Gasteiger partial charge in [-0.25, -0.2) is 4.39 Å². The minimum atomic E-state index is -0.604. The third-order valence-electron chi connectivity index (χ3n) is 5.60. The lowest BCUT2D eigenvalue weighted by atomic mass is 9.38. The van der Waals surface area contributed by atoms with Gasteiger partial charge in [-0.3, -0.25) is 14.4 Å². The Morgan fingerprint density at radius 2 is 1.97 bits per heavy atom. The van der Waals surface area contributed by atoms with Crippen LogP contribution in [0, 0.1) is 11.2 Å². The highest BCUT2D eigenvalue weighted by Crippen LogP contribution is 2.69. The molecule has 6 nitrogen and oxygen atoms in total. The third-order valence-corrected chi connectivity index (χ3v) is 6.73. The molecule has 2 bridgehead atoms. The maximum Gasteiger partial charge on any atom is 0.258 e. The minimum Gasteiger partial charge on any atom is -0.484 e. The first-order chi connectivity index (χ1) is 14.2. The molecule has 1 aromatic carbocycles. The van der Waals surface area contributed by atoms with Gasteiger partial charge in [0, 0.05) is 24.9 Å². The first-order valence-electron chi connectivity index (χ1n) is 9.46. The summed E-state index contributed by atoms with van der Waals surface area (Å²) in [7, 11) is 0. The predicted molar refractivity (Wildman–Crippen MR) is 112 cm³/mol. The molecule has 2 amide bonds. The van der Waals surface area contributed by atoms with Gasteiger partial charge in [0.15, 0.2) is 12.4 Å². The molecule has 0 aliphatic heterocycles. The number of nitrogens with one attached hydrogen (secondary N) is 2. The van der Waals surface area contributed by atoms with Crippen molar-refractivity contribution in [1.29, 1.82) is 0 Å². The largest absolute Gasteiger partial charge is 0.484 e. The lowest BCUT2D eigenvalue weighted by molar-refractivity contribution is -0.164. The second-order valence-corrected chi connectivity index (χ2v) is 9.49. The molecule has 2 N–H and O–H groups in total. The summed E-state index contributed by atoms with van der Waals surface area (Å²) in [5.41, 5.74) is 0.183. The van der Waals surface area contributed by atoms with Gasteiger partial charge in [-0.1, -0.05) is 11.6 Å². The highest BCUT2D eigenvalue weighted by Gasteiger charge is 2.68. The topological polar surface area (TPSA) is 84.5 Å². The standard InChI is InChI=1S/C21H20ClFN2O4S/c1-12(26)24-19-14(4-5-30-19)17(27)7-20-9-21(10-20,11-20)25-18(28)8-29-13-2-3-15(22)16(23)6-13/h2-6H,7-11H2,1H3,(H,24,26)(H,25,28). The van der Waals surface area contributed by atoms with Gasteiger partial charge in [0.05, 0.1) is 10.6 Å². The summed E-state index contributed by atoms with van der Waals surface area (Å²) in [5, 5.41) is 8.03. The molecule has 3 saturated carbocycles. The quantitative estimate of drug-likeness (QED) is 0.590. The number of amides is 2. The molecule has 0 atom stereocenters. The predicted octanol–water partition coefficient (Wildman–Crippen LogP) is 4.19. The number of hydrogen-bond acceptors (Lipinski definition) is 5. The van der Waals surface area contributed by atoms with E-state index >= 15 is 0 Å². The number of ether oxygens (including phenoxy) is 1. The summed E-state index contributed by atoms with van der Waals surface area (Å²) in [5.74, 6) is -0.851. The van der Waals surface area contributed by atoms with Crippen LogP contribution in [-0.2, 0) is 9.59 Å². The highest BCUT2D eigenvalue weighted by atomic mass is 35.5. The Kier molecular flexibility index (Phi) is 5.32. The Labute approximate surface area is 181 Å². The van der Waals surface area contributed by atoms with Crippen LogP contribution in [0.25, 0.3) is 0 Å². The number of hydrogen-bond donors (Lipinski definition) is 2. The van der Waals surface area contributed by atoms with Crippen LogP contribution < -0.4 is 15.4 Å². The van der Waals surface area contributed by atoms with E-state index in [2.05, 4.69) is 10.6 Å². The molecule has 3 aliphatic rings. The van der Waals surface area contributed by atoms with Crippen LogP contribution in [0.4, 0.5) is 9.39 Å². The first kappa shape index (κ1) is 20.8. The Morgan fingerprint density at radius 3 is 2.63 bits per heavy atom. The molecule has 0 spiro atoms. The molecular weight excluding hydrogens is 431 g/mol. The van der Waals surface area contributed by atoms with Crippen molar-refractivity contribution in [3.05, 3.63) is 46.0 Å². The first-order valence-corrected chi connectivity index (χ1v) is 10.7. The van der Waals surface area contributed by atoms with Crippen LogP contribution in [0.15, 0.2) is 29.6 Å². The normalized spacial score (nSPS) is 23.7. The van der Waals surface area contributed by atoms with Gasteiger partial charge in [0.1, 0.15) is 16.6 Å². The summed E-state index contributed by atoms with van der Waals surface area (Å²) >= 11 is 6.95. The Balaban J connectivity index is 1.25. The second kappa shape index (κ2) is 7.67. The maximum atomic E-state index is 13.4. The second-order valence-electron chi connectivity index (χ2n) is 8.17. The third kappa shape index (κ3) is 4.06. The van der Waals surface area contributed by atoms with E-state index in [0.717, 1.165) is 25.3 Å². The lowest BCUT2D eigenvalue weighted by Gasteiger charge is -2.70. The van der Waals surface area contributed by atoms with Crippen molar-refractivity contribution in [2.24, 2.45) is 5.41 Å². The van der Waals surface area contributed by atoms with Gasteiger partial charge in [-0.15, -0.1) is 11.3 Å². The molecule has 5 rings (SSSR count). The lowest BCUT2D eigenvalue weighted by Crippen LogP contribution is -2.75. The van der Waals surface area contributed by atoms with Crippen LogP contribution in [0.3, 0.4) is 0 Å². The number of anilines is 1. The maximum absolute atomic E-state index is 13.4. The van der Waals surface area contributed by atoms with E-state index in [1.807, 2.05) is 0 Å². The molecule has 30 heavy (non-hydrogen) atoms. The number of carbonyl (C=O) groups excluding carboxylic acids is 3. The summed E-state index contributed by atoms with van der Waals surface area (Å²) in [6.07, 6.45) is 2.63. The van der Waals surface area contributed by atoms with Gasteiger partial charge in [0.2, 0.25) is 5.91 Å². The number of Topliss-reactive ketones (excluding diaryl/α,β-unsaturated/α-hetero) is 1. The van der Waals surface area contributed by atoms with E-state index in [-0.39, 0.29) is 45.9 Å². The molecule has 0 saturated heterocycles. The van der Waals surface area contributed by atoms with E-state index in [1.165, 1.54) is 30.4 Å². The molecule has 3 aliphatic carbocycles. The average Bonchev–Trinajstić information content (AvgIpc) is 3.07. The highest BCUT2D eigenvalue weighted by molar-refractivity contribution is 7.14.